The van der Waals surface area contributed by atoms with Crippen LogP contribution in [0.3, 0.4) is 0 Å². The molecular weight excluding hydrogens is 188 g/mol. The molecule has 0 aromatic heterocycles. The Kier molecular flexibility index (Phi) is 6.05. The van der Waals surface area contributed by atoms with Gasteiger partial charge in [0.1, 0.15) is 0 Å². The molecule has 1 aliphatic rings. The fraction of sp³-hybridized carbons (Fsp3) is 0. The summed E-state index contributed by atoms with van der Waals surface area (Å²) in [5, 5.41) is 11.0. The molecule has 1 heterocycles. The van der Waals surface area contributed by atoms with Crippen LogP contribution in [0, 0.1) is 0 Å². The van der Waals surface area contributed by atoms with E-state index >= 15 is 0 Å². The largest absolute Gasteiger partial charge is 0.179 e. The lowest BCUT2D eigenvalue weighted by atomic mass is 10.4. The third-order valence-electron chi connectivity index (χ3n) is 1.36. The maximum Gasteiger partial charge on any atom is 0.0513 e. The SMILES string of the molecule is C1=C\C=C/C=C/C=N\NN=N/C=C\C=C/1. The van der Waals surface area contributed by atoms with Crippen molar-refractivity contribution >= 4 is 6.21 Å². The quantitative estimate of drug-likeness (QED) is 0.642. The minimum absolute atomic E-state index is 1.57. The molecule has 0 bridgehead atoms. The van der Waals surface area contributed by atoms with Gasteiger partial charge in [0, 0.05) is 6.21 Å². The van der Waals surface area contributed by atoms with Gasteiger partial charge >= 0.3 is 0 Å². The average molecular weight is 200 g/mol. The van der Waals surface area contributed by atoms with Crippen molar-refractivity contribution in [3.8, 4) is 0 Å². The van der Waals surface area contributed by atoms with Crippen molar-refractivity contribution in [1.82, 2.24) is 5.53 Å². The maximum atomic E-state index is 3.76. The highest BCUT2D eigenvalue weighted by molar-refractivity contribution is 5.71. The van der Waals surface area contributed by atoms with E-state index in [1.54, 1.807) is 24.6 Å². The molecule has 76 valence electrons. The summed E-state index contributed by atoms with van der Waals surface area (Å²) in [5.74, 6) is 0. The number of hydrazone groups is 1. The zero-order chi connectivity index (χ0) is 10.6. The van der Waals surface area contributed by atoms with E-state index in [1.807, 2.05) is 42.5 Å². The van der Waals surface area contributed by atoms with Gasteiger partial charge in [-0.15, -0.1) is 5.11 Å². The van der Waals surface area contributed by atoms with Gasteiger partial charge in [-0.25, -0.2) is 0 Å². The van der Waals surface area contributed by atoms with Crippen molar-refractivity contribution in [3.63, 3.8) is 0 Å². The molecule has 0 spiro atoms. The molecule has 0 unspecified atom stereocenters. The molecule has 0 radical (unpaired) electrons. The Bertz CT molecular complexity index is 323. The zero-order valence-corrected chi connectivity index (χ0v) is 8.19. The molecule has 0 amide bonds. The summed E-state index contributed by atoms with van der Waals surface area (Å²) < 4.78 is 0. The molecule has 0 aliphatic carbocycles. The van der Waals surface area contributed by atoms with E-state index in [4.69, 9.17) is 0 Å². The lowest BCUT2D eigenvalue weighted by molar-refractivity contribution is 0.751. The number of allylic oxidation sites excluding steroid dienone is 9. The van der Waals surface area contributed by atoms with E-state index in [0.29, 0.717) is 0 Å². The predicted molar refractivity (Wildman–Crippen MR) is 62.2 cm³/mol. The summed E-state index contributed by atoms with van der Waals surface area (Å²) in [6, 6.07) is 0. The van der Waals surface area contributed by atoms with Crippen molar-refractivity contribution in [2.75, 3.05) is 0 Å². The van der Waals surface area contributed by atoms with Gasteiger partial charge in [0.05, 0.1) is 6.20 Å². The molecular formula is C11H12N4. The molecule has 0 atom stereocenters. The van der Waals surface area contributed by atoms with E-state index in [0.717, 1.165) is 0 Å². The Labute approximate surface area is 88.8 Å². The van der Waals surface area contributed by atoms with Crippen LogP contribution >= 0.6 is 0 Å². The molecule has 15 heavy (non-hydrogen) atoms. The molecule has 0 saturated heterocycles. The van der Waals surface area contributed by atoms with E-state index in [9.17, 15) is 0 Å². The normalized spacial score (nSPS) is 28.8. The lowest BCUT2D eigenvalue weighted by Gasteiger charge is -1.82. The van der Waals surface area contributed by atoms with Crippen LogP contribution < -0.4 is 5.53 Å². The van der Waals surface area contributed by atoms with Crippen molar-refractivity contribution in [3.05, 3.63) is 60.9 Å². The molecule has 1 N–H and O–H groups in total. The van der Waals surface area contributed by atoms with E-state index < -0.39 is 0 Å². The van der Waals surface area contributed by atoms with Crippen molar-refractivity contribution < 1.29 is 0 Å². The molecule has 1 aliphatic heterocycles. The molecule has 4 nitrogen and oxygen atoms in total. The summed E-state index contributed by atoms with van der Waals surface area (Å²) in [6.07, 6.45) is 20.1. The Balaban J connectivity index is 2.62. The second-order valence-corrected chi connectivity index (χ2v) is 2.47. The van der Waals surface area contributed by atoms with Crippen LogP contribution in [0.25, 0.3) is 0 Å². The van der Waals surface area contributed by atoms with Crippen LogP contribution in [0.4, 0.5) is 0 Å². The van der Waals surface area contributed by atoms with Crippen LogP contribution in [-0.4, -0.2) is 6.21 Å². The highest BCUT2D eigenvalue weighted by Gasteiger charge is 1.68. The standard InChI is InChI=1S/C11H12N4/c1-2-4-6-8-10-12-14-15-13-11-9-7-5-3-1/h1-11H,(H,12,15)/b2-1-,5-3-,6-4-,9-7+,10-8-,13-11-. The topological polar surface area (TPSA) is 49.1 Å². The summed E-state index contributed by atoms with van der Waals surface area (Å²) in [5.41, 5.74) is 2.42. The van der Waals surface area contributed by atoms with E-state index in [2.05, 4.69) is 21.0 Å². The van der Waals surface area contributed by atoms with Gasteiger partial charge in [-0.05, 0) is 12.2 Å². The number of nitrogens with zero attached hydrogens (tertiary/aromatic N) is 3. The van der Waals surface area contributed by atoms with Crippen molar-refractivity contribution in [2.24, 2.45) is 15.4 Å². The summed E-state index contributed by atoms with van der Waals surface area (Å²) in [7, 11) is 0. The second kappa shape index (κ2) is 8.37. The summed E-state index contributed by atoms with van der Waals surface area (Å²) in [6.45, 7) is 0. The first-order chi connectivity index (χ1) is 7.50. The van der Waals surface area contributed by atoms with Crippen LogP contribution in [0.5, 0.6) is 0 Å². The van der Waals surface area contributed by atoms with E-state index in [-0.39, 0.29) is 0 Å². The first-order valence-electron chi connectivity index (χ1n) is 4.50. The first-order valence-corrected chi connectivity index (χ1v) is 4.50. The summed E-state index contributed by atoms with van der Waals surface area (Å²) >= 11 is 0. The highest BCUT2D eigenvalue weighted by Crippen LogP contribution is 1.84. The van der Waals surface area contributed by atoms with Gasteiger partial charge in [-0.3, -0.25) is 0 Å². The Morgan fingerprint density at radius 2 is 1.27 bits per heavy atom. The fourth-order valence-electron chi connectivity index (χ4n) is 0.748. The number of nitrogens with one attached hydrogen (secondary N) is 1. The lowest BCUT2D eigenvalue weighted by Crippen LogP contribution is -1.90. The fourth-order valence-corrected chi connectivity index (χ4v) is 0.748. The minimum Gasteiger partial charge on any atom is -0.179 e. The number of hydrogen-bond acceptors (Lipinski definition) is 4. The smallest absolute Gasteiger partial charge is 0.0513 e. The Morgan fingerprint density at radius 1 is 0.667 bits per heavy atom. The van der Waals surface area contributed by atoms with Crippen LogP contribution in [0.15, 0.2) is 76.3 Å². The minimum atomic E-state index is 1.57. The van der Waals surface area contributed by atoms with Crippen molar-refractivity contribution in [2.45, 2.75) is 0 Å². The molecule has 0 saturated carbocycles. The molecule has 0 fully saturated rings. The second-order valence-electron chi connectivity index (χ2n) is 2.47. The molecule has 1 rings (SSSR count). The van der Waals surface area contributed by atoms with Crippen LogP contribution in [0.1, 0.15) is 0 Å². The predicted octanol–water partition coefficient (Wildman–Crippen LogP) is 2.68. The third-order valence-corrected chi connectivity index (χ3v) is 1.36. The Morgan fingerprint density at radius 3 is 2.00 bits per heavy atom. The van der Waals surface area contributed by atoms with Gasteiger partial charge in [-0.1, -0.05) is 47.8 Å². The molecule has 4 heteroatoms. The van der Waals surface area contributed by atoms with Crippen LogP contribution in [0.2, 0.25) is 0 Å². The highest BCUT2D eigenvalue weighted by atomic mass is 15.6. The maximum absolute atomic E-state index is 3.76. The van der Waals surface area contributed by atoms with Gasteiger partial charge in [0.15, 0.2) is 0 Å². The summed E-state index contributed by atoms with van der Waals surface area (Å²) in [4.78, 5) is 0. The third kappa shape index (κ3) is 6.89. The van der Waals surface area contributed by atoms with Gasteiger partial charge in [0.25, 0.3) is 0 Å². The first kappa shape index (κ1) is 10.8. The Hall–Kier alpha value is -2.23. The number of hydrogen-bond donors (Lipinski definition) is 1. The van der Waals surface area contributed by atoms with Gasteiger partial charge in [0.2, 0.25) is 0 Å². The monoisotopic (exact) mass is 200 g/mol. The molecule has 0 aromatic carbocycles. The van der Waals surface area contributed by atoms with Crippen molar-refractivity contribution in [1.29, 1.82) is 0 Å². The van der Waals surface area contributed by atoms with Gasteiger partial charge < -0.3 is 0 Å². The van der Waals surface area contributed by atoms with Crippen LogP contribution in [-0.2, 0) is 0 Å². The zero-order valence-electron chi connectivity index (χ0n) is 8.19. The molecule has 0 aromatic rings. The van der Waals surface area contributed by atoms with Gasteiger partial charge in [-0.2, -0.15) is 10.6 Å². The average Bonchev–Trinajstić information content (AvgIpc) is 2.27. The number of rotatable bonds is 0. The van der Waals surface area contributed by atoms with E-state index in [1.165, 1.54) is 0 Å².